The van der Waals surface area contributed by atoms with Crippen molar-refractivity contribution in [3.8, 4) is 0 Å². The number of thioether (sulfide) groups is 1. The first-order valence-electron chi connectivity index (χ1n) is 4.02. The zero-order chi connectivity index (χ0) is 11.1. The first-order valence-corrected chi connectivity index (χ1v) is 6.52. The van der Waals surface area contributed by atoms with E-state index in [0.29, 0.717) is 4.24 Å². The van der Waals surface area contributed by atoms with Crippen LogP contribution < -0.4 is 5.14 Å². The van der Waals surface area contributed by atoms with Gasteiger partial charge >= 0.3 is 0 Å². The van der Waals surface area contributed by atoms with E-state index in [1.54, 1.807) is 32.0 Å². The Morgan fingerprint density at radius 1 is 1.79 bits per heavy atom. The largest absolute Gasteiger partial charge is 0.387 e. The molecule has 0 radical (unpaired) electrons. The monoisotopic (exact) mass is 237 g/mol. The van der Waals surface area contributed by atoms with Crippen LogP contribution in [-0.2, 0) is 9.92 Å². The summed E-state index contributed by atoms with van der Waals surface area (Å²) in [6, 6.07) is 0. The minimum absolute atomic E-state index is 0.243. The van der Waals surface area contributed by atoms with Crippen LogP contribution in [-0.4, -0.2) is 32.2 Å². The number of likely N-dealkylation sites (N-methyl/N-ethyl adjacent to an activating group) is 1. The molecule has 2 atom stereocenters. The molecular formula is C7H15N3O2S2. The van der Waals surface area contributed by atoms with E-state index in [2.05, 4.69) is 0 Å². The predicted octanol–water partition coefficient (Wildman–Crippen LogP) is 0.481. The van der Waals surface area contributed by atoms with Crippen molar-refractivity contribution in [2.45, 2.75) is 24.8 Å². The molecule has 1 aliphatic heterocycles. The molecular weight excluding hydrogens is 222 g/mol. The smallest absolute Gasteiger partial charge is 0.139 e. The van der Waals surface area contributed by atoms with E-state index in [4.69, 9.17) is 9.92 Å². The highest BCUT2D eigenvalue weighted by Crippen LogP contribution is 2.39. The number of rotatable bonds is 2. The average molecular weight is 237 g/mol. The van der Waals surface area contributed by atoms with Crippen LogP contribution in [0.5, 0.6) is 0 Å². The van der Waals surface area contributed by atoms with E-state index < -0.39 is 15.5 Å². The molecule has 0 bridgehead atoms. The third-order valence-corrected chi connectivity index (χ3v) is 5.01. The summed E-state index contributed by atoms with van der Waals surface area (Å²) in [5.74, 6) is 0. The third kappa shape index (κ3) is 2.41. The van der Waals surface area contributed by atoms with E-state index in [1.807, 2.05) is 0 Å². The Balaban J connectivity index is 2.90. The van der Waals surface area contributed by atoms with Gasteiger partial charge in [0, 0.05) is 13.2 Å². The molecule has 0 spiro atoms. The number of nitrogens with two attached hydrogens (primary N) is 1. The van der Waals surface area contributed by atoms with Gasteiger partial charge in [-0.15, -0.1) is 0 Å². The quantitative estimate of drug-likeness (QED) is 0.651. The fourth-order valence-electron chi connectivity index (χ4n) is 1.25. The highest BCUT2D eigenvalue weighted by molar-refractivity contribution is 8.18. The van der Waals surface area contributed by atoms with Crippen LogP contribution in [0.25, 0.3) is 0 Å². The van der Waals surface area contributed by atoms with Gasteiger partial charge in [-0.05, 0) is 13.8 Å². The Kier molecular flexibility index (Phi) is 2.88. The van der Waals surface area contributed by atoms with E-state index in [9.17, 15) is 9.32 Å². The minimum atomic E-state index is -3.16. The molecule has 14 heavy (non-hydrogen) atoms. The molecule has 4 N–H and O–H groups in total. The zero-order valence-corrected chi connectivity index (χ0v) is 9.98. The highest BCUT2D eigenvalue weighted by Gasteiger charge is 2.37. The first-order chi connectivity index (χ1) is 6.12. The van der Waals surface area contributed by atoms with E-state index in [1.165, 1.54) is 11.8 Å². The molecule has 0 amide bonds. The SMILES string of the molecule is CN1C=C(S(=N)(N)=O)SC1C(C)(C)O. The number of hydrogen-bond donors (Lipinski definition) is 3. The molecule has 1 heterocycles. The molecule has 0 saturated carbocycles. The van der Waals surface area contributed by atoms with Crippen molar-refractivity contribution in [2.24, 2.45) is 5.14 Å². The van der Waals surface area contributed by atoms with Crippen molar-refractivity contribution in [1.82, 2.24) is 4.90 Å². The topological polar surface area (TPSA) is 90.4 Å². The molecule has 0 saturated heterocycles. The summed E-state index contributed by atoms with van der Waals surface area (Å²) in [6.07, 6.45) is 1.56. The van der Waals surface area contributed by atoms with E-state index in [-0.39, 0.29) is 5.37 Å². The normalized spacial score (nSPS) is 27.4. The molecule has 0 fully saturated rings. The molecule has 2 unspecified atom stereocenters. The van der Waals surface area contributed by atoms with Crippen LogP contribution in [0.3, 0.4) is 0 Å². The van der Waals surface area contributed by atoms with Gasteiger partial charge in [-0.25, -0.2) is 14.1 Å². The molecule has 1 aliphatic rings. The summed E-state index contributed by atoms with van der Waals surface area (Å²) < 4.78 is 18.8. The van der Waals surface area contributed by atoms with Gasteiger partial charge in [0.2, 0.25) is 0 Å². The van der Waals surface area contributed by atoms with Crippen LogP contribution in [0.2, 0.25) is 0 Å². The molecule has 0 aromatic rings. The van der Waals surface area contributed by atoms with Gasteiger partial charge in [-0.1, -0.05) is 11.8 Å². The number of nitrogens with zero attached hydrogens (tertiary/aromatic N) is 1. The molecule has 0 aromatic heterocycles. The van der Waals surface area contributed by atoms with Gasteiger partial charge in [0.05, 0.1) is 5.60 Å². The first kappa shape index (κ1) is 11.8. The lowest BCUT2D eigenvalue weighted by Gasteiger charge is -2.30. The van der Waals surface area contributed by atoms with Crippen LogP contribution in [0, 0.1) is 4.78 Å². The number of aliphatic hydroxyl groups is 1. The van der Waals surface area contributed by atoms with Gasteiger partial charge < -0.3 is 10.0 Å². The second-order valence-electron chi connectivity index (χ2n) is 3.84. The maximum Gasteiger partial charge on any atom is 0.139 e. The summed E-state index contributed by atoms with van der Waals surface area (Å²) in [5.41, 5.74) is -0.928. The Bertz CT molecular complexity index is 356. The number of nitrogens with one attached hydrogen (secondary N) is 1. The van der Waals surface area contributed by atoms with Crippen molar-refractivity contribution in [3.63, 3.8) is 0 Å². The summed E-state index contributed by atoms with van der Waals surface area (Å²) >= 11 is 1.18. The predicted molar refractivity (Wildman–Crippen MR) is 58.6 cm³/mol. The second-order valence-corrected chi connectivity index (χ2v) is 6.86. The van der Waals surface area contributed by atoms with Crippen molar-refractivity contribution in [1.29, 1.82) is 4.78 Å². The Hall–Kier alpha value is -0.240. The molecule has 7 heteroatoms. The second kappa shape index (κ2) is 3.41. The standard InChI is InChI=1S/C7H15N3O2S2/c1-7(2,11)6-10(3)4-5(13-6)14(8,9)12/h4,6,11H,1-3H3,(H3,8,9,12). The molecule has 1 rings (SSSR count). The average Bonchev–Trinajstić information content (AvgIpc) is 2.27. The Morgan fingerprint density at radius 3 is 2.50 bits per heavy atom. The lowest BCUT2D eigenvalue weighted by atomic mass is 10.1. The molecule has 82 valence electrons. The third-order valence-electron chi connectivity index (χ3n) is 1.81. The van der Waals surface area contributed by atoms with Crippen LogP contribution in [0.1, 0.15) is 13.8 Å². The fraction of sp³-hybridized carbons (Fsp3) is 0.714. The maximum absolute atomic E-state index is 11.3. The molecule has 5 nitrogen and oxygen atoms in total. The Morgan fingerprint density at radius 2 is 2.29 bits per heavy atom. The Labute approximate surface area is 88.5 Å². The minimum Gasteiger partial charge on any atom is -0.387 e. The van der Waals surface area contributed by atoms with Crippen molar-refractivity contribution >= 4 is 21.7 Å². The van der Waals surface area contributed by atoms with Gasteiger partial charge in [0.1, 0.15) is 19.5 Å². The summed E-state index contributed by atoms with van der Waals surface area (Å²) in [7, 11) is -1.40. The van der Waals surface area contributed by atoms with Crippen LogP contribution >= 0.6 is 11.8 Å². The fourth-order valence-corrected chi connectivity index (χ4v) is 3.38. The van der Waals surface area contributed by atoms with Crippen molar-refractivity contribution in [3.05, 3.63) is 10.4 Å². The van der Waals surface area contributed by atoms with Crippen LogP contribution in [0.15, 0.2) is 10.4 Å². The van der Waals surface area contributed by atoms with Crippen molar-refractivity contribution < 1.29 is 9.32 Å². The summed E-state index contributed by atoms with van der Waals surface area (Å²) in [4.78, 5) is 1.72. The molecule has 0 aliphatic carbocycles. The zero-order valence-electron chi connectivity index (χ0n) is 8.35. The van der Waals surface area contributed by atoms with Gasteiger partial charge in [-0.2, -0.15) is 0 Å². The van der Waals surface area contributed by atoms with Crippen molar-refractivity contribution in [2.75, 3.05) is 7.05 Å². The lowest BCUT2D eigenvalue weighted by Crippen LogP contribution is -2.40. The van der Waals surface area contributed by atoms with Gasteiger partial charge in [0.15, 0.2) is 0 Å². The van der Waals surface area contributed by atoms with Gasteiger partial charge in [0.25, 0.3) is 0 Å². The van der Waals surface area contributed by atoms with Crippen LogP contribution in [0.4, 0.5) is 0 Å². The molecule has 0 aromatic carbocycles. The summed E-state index contributed by atoms with van der Waals surface area (Å²) in [6.45, 7) is 3.33. The maximum atomic E-state index is 11.3. The highest BCUT2D eigenvalue weighted by atomic mass is 32.3. The van der Waals surface area contributed by atoms with E-state index >= 15 is 0 Å². The lowest BCUT2D eigenvalue weighted by molar-refractivity contribution is 0.0437. The number of hydrogen-bond acceptors (Lipinski definition) is 5. The van der Waals surface area contributed by atoms with Gasteiger partial charge in [-0.3, -0.25) is 0 Å². The van der Waals surface area contributed by atoms with E-state index in [0.717, 1.165) is 0 Å². The summed E-state index contributed by atoms with van der Waals surface area (Å²) in [5, 5.41) is 14.7.